The van der Waals surface area contributed by atoms with Gasteiger partial charge in [-0.15, -0.1) is 0 Å². The number of rotatable bonds is 7. The van der Waals surface area contributed by atoms with E-state index in [9.17, 15) is 9.59 Å². The molecule has 2 rings (SSSR count). The summed E-state index contributed by atoms with van der Waals surface area (Å²) in [6.07, 6.45) is 0. The number of Topliss-reactive ketones (excluding diaryl/α,β-unsaturated/α-hetero) is 1. The molecule has 0 aliphatic carbocycles. The Morgan fingerprint density at radius 1 is 1.15 bits per heavy atom. The Balaban J connectivity index is 2.06. The molecule has 1 amide bonds. The third kappa shape index (κ3) is 5.21. The van der Waals surface area contributed by atoms with E-state index in [-0.39, 0.29) is 18.2 Å². The van der Waals surface area contributed by atoms with Crippen molar-refractivity contribution in [2.24, 2.45) is 0 Å². The number of methoxy groups -OCH3 is 1. The van der Waals surface area contributed by atoms with E-state index in [0.717, 1.165) is 10.5 Å². The molecule has 2 aromatic carbocycles. The van der Waals surface area contributed by atoms with Gasteiger partial charge in [-0.3, -0.25) is 9.59 Å². The van der Waals surface area contributed by atoms with Gasteiger partial charge >= 0.3 is 0 Å². The van der Waals surface area contributed by atoms with Crippen molar-refractivity contribution in [2.45, 2.75) is 13.5 Å². The summed E-state index contributed by atoms with van der Waals surface area (Å²) in [5, 5.41) is 3.52. The number of hydrogen-bond acceptors (Lipinski definition) is 3. The van der Waals surface area contributed by atoms with Gasteiger partial charge in [0.25, 0.3) is 5.91 Å². The van der Waals surface area contributed by atoms with Crippen LogP contribution in [0.3, 0.4) is 0 Å². The van der Waals surface area contributed by atoms with E-state index in [2.05, 4.69) is 5.32 Å². The van der Waals surface area contributed by atoms with Crippen LogP contribution in [0.25, 0.3) is 0 Å². The van der Waals surface area contributed by atoms with Crippen LogP contribution >= 0.6 is 23.2 Å². The highest BCUT2D eigenvalue weighted by Gasteiger charge is 2.16. The SMILES string of the molecule is COc1ccc(C(C)=O)cc1C[NH+](C)CC(=O)Nc1c(Cl)cccc1Cl. The number of hydrogen-bond donors (Lipinski definition) is 2. The van der Waals surface area contributed by atoms with Gasteiger partial charge in [-0.05, 0) is 37.3 Å². The molecular formula is C19H21Cl2N2O3+. The van der Waals surface area contributed by atoms with Crippen LogP contribution in [0.4, 0.5) is 5.69 Å². The number of halogens is 2. The zero-order valence-electron chi connectivity index (χ0n) is 14.9. The topological polar surface area (TPSA) is 59.8 Å². The Bertz CT molecular complexity index is 804. The van der Waals surface area contributed by atoms with Crippen LogP contribution in [0.15, 0.2) is 36.4 Å². The maximum Gasteiger partial charge on any atom is 0.279 e. The lowest BCUT2D eigenvalue weighted by Gasteiger charge is -2.17. The molecule has 0 bridgehead atoms. The fourth-order valence-corrected chi connectivity index (χ4v) is 3.09. The van der Waals surface area contributed by atoms with Gasteiger partial charge in [-0.1, -0.05) is 29.3 Å². The van der Waals surface area contributed by atoms with Crippen LogP contribution in [0.5, 0.6) is 5.75 Å². The van der Waals surface area contributed by atoms with Gasteiger partial charge < -0.3 is 15.0 Å². The number of anilines is 1. The van der Waals surface area contributed by atoms with Crippen molar-refractivity contribution < 1.29 is 19.2 Å². The molecule has 0 radical (unpaired) electrons. The van der Waals surface area contributed by atoms with E-state index in [1.165, 1.54) is 6.92 Å². The summed E-state index contributed by atoms with van der Waals surface area (Å²) in [6, 6.07) is 10.3. The third-order valence-corrected chi connectivity index (χ3v) is 4.50. The first-order chi connectivity index (χ1) is 12.3. The summed E-state index contributed by atoms with van der Waals surface area (Å²) in [6.45, 7) is 2.24. The van der Waals surface area contributed by atoms with Gasteiger partial charge in [0.1, 0.15) is 12.3 Å². The number of carbonyl (C=O) groups is 2. The lowest BCUT2D eigenvalue weighted by Crippen LogP contribution is -3.08. The van der Waals surface area contributed by atoms with Crippen molar-refractivity contribution in [1.29, 1.82) is 0 Å². The quantitative estimate of drug-likeness (QED) is 0.708. The van der Waals surface area contributed by atoms with Crippen molar-refractivity contribution in [3.8, 4) is 5.75 Å². The minimum atomic E-state index is -0.209. The van der Waals surface area contributed by atoms with Gasteiger partial charge in [-0.25, -0.2) is 0 Å². The number of carbonyl (C=O) groups excluding carboxylic acids is 2. The first kappa shape index (κ1) is 20.2. The zero-order chi connectivity index (χ0) is 19.3. The molecule has 0 spiro atoms. The number of nitrogens with one attached hydrogen (secondary N) is 2. The average Bonchev–Trinajstić information content (AvgIpc) is 2.58. The highest BCUT2D eigenvalue weighted by Crippen LogP contribution is 2.29. The monoisotopic (exact) mass is 395 g/mol. The van der Waals surface area contributed by atoms with Crippen LogP contribution in [0.2, 0.25) is 10.0 Å². The lowest BCUT2D eigenvalue weighted by molar-refractivity contribution is -0.885. The number of quaternary nitrogens is 1. The maximum absolute atomic E-state index is 12.3. The Morgan fingerprint density at radius 2 is 1.81 bits per heavy atom. The van der Waals surface area contributed by atoms with E-state index in [1.54, 1.807) is 43.5 Å². The van der Waals surface area contributed by atoms with Gasteiger partial charge in [0, 0.05) is 11.1 Å². The predicted octanol–water partition coefficient (Wildman–Crippen LogP) is 2.86. The van der Waals surface area contributed by atoms with Gasteiger partial charge in [0.05, 0.1) is 29.9 Å². The average molecular weight is 396 g/mol. The molecule has 26 heavy (non-hydrogen) atoms. The number of benzene rings is 2. The van der Waals surface area contributed by atoms with E-state index in [4.69, 9.17) is 27.9 Å². The minimum absolute atomic E-state index is 0.0161. The Labute approximate surface area is 162 Å². The van der Waals surface area contributed by atoms with E-state index in [0.29, 0.717) is 33.6 Å². The molecule has 138 valence electrons. The molecule has 2 N–H and O–H groups in total. The highest BCUT2D eigenvalue weighted by molar-refractivity contribution is 6.39. The molecule has 2 aromatic rings. The van der Waals surface area contributed by atoms with Gasteiger partial charge in [0.2, 0.25) is 0 Å². The molecule has 7 heteroatoms. The molecule has 1 atom stereocenters. The fourth-order valence-electron chi connectivity index (χ4n) is 2.60. The smallest absolute Gasteiger partial charge is 0.279 e. The second kappa shape index (κ2) is 9.03. The molecule has 0 aliphatic rings. The first-order valence-corrected chi connectivity index (χ1v) is 8.80. The second-order valence-corrected chi connectivity index (χ2v) is 6.85. The first-order valence-electron chi connectivity index (χ1n) is 8.04. The zero-order valence-corrected chi connectivity index (χ0v) is 16.4. The molecule has 0 aliphatic heterocycles. The number of amides is 1. The van der Waals surface area contributed by atoms with Crippen LogP contribution < -0.4 is 15.0 Å². The van der Waals surface area contributed by atoms with Crippen LogP contribution in [-0.2, 0) is 11.3 Å². The summed E-state index contributed by atoms with van der Waals surface area (Å²) in [4.78, 5) is 24.8. The summed E-state index contributed by atoms with van der Waals surface area (Å²) in [5.41, 5.74) is 1.88. The minimum Gasteiger partial charge on any atom is -0.496 e. The summed E-state index contributed by atoms with van der Waals surface area (Å²) in [7, 11) is 3.46. The van der Waals surface area contributed by atoms with E-state index in [1.807, 2.05) is 7.05 Å². The van der Waals surface area contributed by atoms with Gasteiger partial charge in [0.15, 0.2) is 12.3 Å². The van der Waals surface area contributed by atoms with Crippen LogP contribution in [-0.4, -0.2) is 32.4 Å². The predicted molar refractivity (Wildman–Crippen MR) is 104 cm³/mol. The summed E-state index contributed by atoms with van der Waals surface area (Å²) in [5.74, 6) is 0.459. The number of likely N-dealkylation sites (N-methyl/N-ethyl adjacent to an activating group) is 1. The fraction of sp³-hybridized carbons (Fsp3) is 0.263. The molecule has 0 saturated heterocycles. The standard InChI is InChI=1S/C19H20Cl2N2O3/c1-12(24)13-7-8-17(26-3)14(9-13)10-23(2)11-18(25)22-19-15(20)5-4-6-16(19)21/h4-9H,10-11H2,1-3H3,(H,22,25)/p+1. The molecular weight excluding hydrogens is 375 g/mol. The van der Waals surface area contributed by atoms with Crippen molar-refractivity contribution in [3.05, 3.63) is 57.6 Å². The van der Waals surface area contributed by atoms with Crippen molar-refractivity contribution in [2.75, 3.05) is 26.0 Å². The molecule has 0 fully saturated rings. The molecule has 5 nitrogen and oxygen atoms in total. The molecule has 0 heterocycles. The number of ether oxygens (including phenoxy) is 1. The molecule has 0 aromatic heterocycles. The third-order valence-electron chi connectivity index (χ3n) is 3.87. The largest absolute Gasteiger partial charge is 0.496 e. The maximum atomic E-state index is 12.3. The normalized spacial score (nSPS) is 11.7. The summed E-state index contributed by atoms with van der Waals surface area (Å²) >= 11 is 12.1. The van der Waals surface area contributed by atoms with Crippen molar-refractivity contribution in [1.82, 2.24) is 0 Å². The second-order valence-electron chi connectivity index (χ2n) is 6.04. The Morgan fingerprint density at radius 3 is 2.38 bits per heavy atom. The number of ketones is 1. The van der Waals surface area contributed by atoms with Crippen LogP contribution in [0.1, 0.15) is 22.8 Å². The van der Waals surface area contributed by atoms with E-state index < -0.39 is 0 Å². The highest BCUT2D eigenvalue weighted by atomic mass is 35.5. The van der Waals surface area contributed by atoms with Crippen molar-refractivity contribution in [3.63, 3.8) is 0 Å². The summed E-state index contributed by atoms with van der Waals surface area (Å²) < 4.78 is 5.35. The van der Waals surface area contributed by atoms with Crippen molar-refractivity contribution >= 4 is 40.6 Å². The Hall–Kier alpha value is -2.08. The van der Waals surface area contributed by atoms with Gasteiger partial charge in [-0.2, -0.15) is 0 Å². The molecule has 1 unspecified atom stereocenters. The number of para-hydroxylation sites is 1. The van der Waals surface area contributed by atoms with Crippen LogP contribution in [0, 0.1) is 0 Å². The van der Waals surface area contributed by atoms with E-state index >= 15 is 0 Å². The lowest BCUT2D eigenvalue weighted by atomic mass is 10.1. The Kier molecular flexibility index (Phi) is 7.03. The molecule has 0 saturated carbocycles.